The van der Waals surface area contributed by atoms with Gasteiger partial charge in [-0.15, -0.1) is 0 Å². The van der Waals surface area contributed by atoms with Crippen LogP contribution in [0.15, 0.2) is 47.8 Å². The number of benzene rings is 2. The van der Waals surface area contributed by atoms with Crippen molar-refractivity contribution in [3.8, 4) is 5.75 Å². The van der Waals surface area contributed by atoms with E-state index in [0.717, 1.165) is 10.8 Å². The zero-order valence-corrected chi connectivity index (χ0v) is 13.3. The van der Waals surface area contributed by atoms with Crippen LogP contribution in [-0.2, 0) is 0 Å². The molecule has 7 nitrogen and oxygen atoms in total. The average Bonchev–Trinajstić information content (AvgIpc) is 2.53. The molecule has 2 aromatic rings. The number of carbonyl (C=O) groups excluding carboxylic acids is 1. The lowest BCUT2D eigenvalue weighted by molar-refractivity contribution is -0.432. The number of hydrogen-bond acceptors (Lipinski definition) is 4. The number of carbonyl (C=O) groups is 1. The van der Waals surface area contributed by atoms with Gasteiger partial charge in [-0.1, -0.05) is 30.3 Å². The van der Waals surface area contributed by atoms with Crippen LogP contribution in [0.4, 0.5) is 4.79 Å². The van der Waals surface area contributed by atoms with Crippen molar-refractivity contribution >= 4 is 16.8 Å². The van der Waals surface area contributed by atoms with E-state index in [4.69, 9.17) is 4.74 Å². The maximum atomic E-state index is 11.9. The molecule has 1 aliphatic rings. The minimum Gasteiger partial charge on any atom is -0.493 e. The molecule has 0 bridgehead atoms. The first-order valence-electron chi connectivity index (χ1n) is 7.60. The van der Waals surface area contributed by atoms with Gasteiger partial charge in [-0.2, -0.15) is 0 Å². The quantitative estimate of drug-likeness (QED) is 0.666. The Morgan fingerprint density at radius 2 is 2.00 bits per heavy atom. The number of fused-ring (bicyclic) bond motifs is 1. The summed E-state index contributed by atoms with van der Waals surface area (Å²) in [5.41, 5.74) is 0.729. The summed E-state index contributed by atoms with van der Waals surface area (Å²) in [4.78, 5) is 23.0. The number of ether oxygens (including phenoxy) is 1. The highest BCUT2D eigenvalue weighted by molar-refractivity contribution is 5.90. The van der Waals surface area contributed by atoms with E-state index in [1.165, 1.54) is 6.92 Å². The highest BCUT2D eigenvalue weighted by Gasteiger charge is 2.37. The molecule has 1 aliphatic heterocycles. The molecule has 0 saturated heterocycles. The molecule has 124 valence electrons. The first kappa shape index (κ1) is 15.8. The van der Waals surface area contributed by atoms with Gasteiger partial charge in [-0.25, -0.2) is 4.79 Å². The molecule has 0 saturated carbocycles. The van der Waals surface area contributed by atoms with Crippen LogP contribution in [0.1, 0.15) is 25.5 Å². The third-order valence-corrected chi connectivity index (χ3v) is 3.95. The number of nitrogens with zero attached hydrogens (tertiary/aromatic N) is 1. The molecule has 3 rings (SSSR count). The van der Waals surface area contributed by atoms with Gasteiger partial charge in [0, 0.05) is 5.56 Å². The maximum absolute atomic E-state index is 11.9. The summed E-state index contributed by atoms with van der Waals surface area (Å²) in [6.45, 7) is 3.78. The molecular formula is C17H17N3O4. The summed E-state index contributed by atoms with van der Waals surface area (Å²) >= 11 is 0. The van der Waals surface area contributed by atoms with Crippen molar-refractivity contribution in [3.63, 3.8) is 0 Å². The van der Waals surface area contributed by atoms with Crippen molar-refractivity contribution in [3.05, 3.63) is 63.5 Å². The molecule has 7 heteroatoms. The molecule has 1 atom stereocenters. The number of rotatable bonds is 4. The second kappa shape index (κ2) is 6.19. The highest BCUT2D eigenvalue weighted by Crippen LogP contribution is 2.38. The molecular weight excluding hydrogens is 310 g/mol. The minimum absolute atomic E-state index is 0.0908. The van der Waals surface area contributed by atoms with Crippen molar-refractivity contribution in [1.82, 2.24) is 10.6 Å². The summed E-state index contributed by atoms with van der Waals surface area (Å²) < 4.78 is 5.68. The predicted molar refractivity (Wildman–Crippen MR) is 89.2 cm³/mol. The maximum Gasteiger partial charge on any atom is 0.320 e. The Morgan fingerprint density at radius 3 is 2.71 bits per heavy atom. The van der Waals surface area contributed by atoms with Gasteiger partial charge in [-0.3, -0.25) is 10.1 Å². The van der Waals surface area contributed by atoms with Crippen LogP contribution in [0, 0.1) is 10.1 Å². The van der Waals surface area contributed by atoms with E-state index < -0.39 is 17.0 Å². The topological polar surface area (TPSA) is 93.5 Å². The lowest BCUT2D eigenvalue weighted by atomic mass is 9.94. The number of allylic oxidation sites excluding steroid dienone is 1. The van der Waals surface area contributed by atoms with E-state index in [1.807, 2.05) is 37.3 Å². The van der Waals surface area contributed by atoms with Crippen LogP contribution < -0.4 is 15.4 Å². The molecule has 2 N–H and O–H groups in total. The molecule has 1 heterocycles. The Bertz CT molecular complexity index is 860. The molecule has 0 fully saturated rings. The van der Waals surface area contributed by atoms with Crippen LogP contribution in [0.3, 0.4) is 0 Å². The highest BCUT2D eigenvalue weighted by atomic mass is 16.6. The average molecular weight is 327 g/mol. The second-order valence-corrected chi connectivity index (χ2v) is 5.43. The van der Waals surface area contributed by atoms with Crippen molar-refractivity contribution in [1.29, 1.82) is 0 Å². The minimum atomic E-state index is -0.888. The largest absolute Gasteiger partial charge is 0.493 e. The number of nitrogens with one attached hydrogen (secondary N) is 2. The second-order valence-electron chi connectivity index (χ2n) is 5.43. The molecule has 2 aromatic carbocycles. The summed E-state index contributed by atoms with van der Waals surface area (Å²) in [6, 6.07) is 9.85. The van der Waals surface area contributed by atoms with Crippen molar-refractivity contribution in [2.24, 2.45) is 0 Å². The predicted octanol–water partition coefficient (Wildman–Crippen LogP) is 3.10. The Kier molecular flexibility index (Phi) is 4.07. The standard InChI is InChI=1S/C17H17N3O4/c1-3-24-13-9-8-11-6-4-5-7-12(11)14(13)15-16(20(22)23)10(2)18-17(21)19-15/h4-9,15H,3H2,1-2H3,(H2,18,19,21)/t15-/m0/s1. The van der Waals surface area contributed by atoms with Gasteiger partial charge in [0.2, 0.25) is 0 Å². The summed E-state index contributed by atoms with van der Waals surface area (Å²) in [7, 11) is 0. The zero-order valence-electron chi connectivity index (χ0n) is 13.3. The lowest BCUT2D eigenvalue weighted by Crippen LogP contribution is -2.45. The van der Waals surface area contributed by atoms with E-state index in [1.54, 1.807) is 6.07 Å². The Balaban J connectivity index is 2.30. The van der Waals surface area contributed by atoms with E-state index in [0.29, 0.717) is 17.9 Å². The van der Waals surface area contributed by atoms with Crippen molar-refractivity contribution < 1.29 is 14.5 Å². The van der Waals surface area contributed by atoms with Gasteiger partial charge in [-0.05, 0) is 30.7 Å². The number of hydrogen-bond donors (Lipinski definition) is 2. The molecule has 0 unspecified atom stereocenters. The first-order valence-corrected chi connectivity index (χ1v) is 7.60. The van der Waals surface area contributed by atoms with Gasteiger partial charge in [0.05, 0.1) is 17.2 Å². The monoisotopic (exact) mass is 327 g/mol. The Morgan fingerprint density at radius 1 is 1.25 bits per heavy atom. The van der Waals surface area contributed by atoms with Gasteiger partial charge in [0.15, 0.2) is 6.04 Å². The molecule has 0 spiro atoms. The molecule has 24 heavy (non-hydrogen) atoms. The van der Waals surface area contributed by atoms with E-state index in [-0.39, 0.29) is 11.4 Å². The fourth-order valence-electron chi connectivity index (χ4n) is 2.99. The third-order valence-electron chi connectivity index (χ3n) is 3.95. The number of nitro groups is 1. The van der Waals surface area contributed by atoms with Crippen molar-refractivity contribution in [2.45, 2.75) is 19.9 Å². The van der Waals surface area contributed by atoms with Crippen LogP contribution in [-0.4, -0.2) is 17.6 Å². The van der Waals surface area contributed by atoms with Gasteiger partial charge in [0.25, 0.3) is 5.70 Å². The summed E-state index contributed by atoms with van der Waals surface area (Å²) in [5.74, 6) is 0.524. The molecule has 0 aromatic heterocycles. The molecule has 0 aliphatic carbocycles. The van der Waals surface area contributed by atoms with Crippen LogP contribution in [0.5, 0.6) is 5.75 Å². The molecule has 2 amide bonds. The van der Waals surface area contributed by atoms with Crippen LogP contribution >= 0.6 is 0 Å². The SMILES string of the molecule is CCOc1ccc2ccccc2c1[C@@H]1NC(=O)NC(C)=C1[N+](=O)[O-]. The fraction of sp³-hybridized carbons (Fsp3) is 0.235. The van der Waals surface area contributed by atoms with E-state index in [2.05, 4.69) is 10.6 Å². The van der Waals surface area contributed by atoms with Gasteiger partial charge < -0.3 is 15.4 Å². The summed E-state index contributed by atoms with van der Waals surface area (Å²) in [6.07, 6.45) is 0. The number of urea groups is 1. The lowest BCUT2D eigenvalue weighted by Gasteiger charge is -2.26. The van der Waals surface area contributed by atoms with Gasteiger partial charge in [0.1, 0.15) is 5.75 Å². The third kappa shape index (κ3) is 2.64. The smallest absolute Gasteiger partial charge is 0.320 e. The Labute approximate surface area is 138 Å². The number of amides is 2. The fourth-order valence-corrected chi connectivity index (χ4v) is 2.99. The Hall–Kier alpha value is -3.09. The van der Waals surface area contributed by atoms with E-state index >= 15 is 0 Å². The van der Waals surface area contributed by atoms with E-state index in [9.17, 15) is 14.9 Å². The van der Waals surface area contributed by atoms with Crippen molar-refractivity contribution in [2.75, 3.05) is 6.61 Å². The first-order chi connectivity index (χ1) is 11.5. The van der Waals surface area contributed by atoms with Crippen LogP contribution in [0.25, 0.3) is 10.8 Å². The summed E-state index contributed by atoms with van der Waals surface area (Å²) in [5, 5.41) is 18.4. The van der Waals surface area contributed by atoms with Gasteiger partial charge >= 0.3 is 6.03 Å². The zero-order chi connectivity index (χ0) is 17.3. The van der Waals surface area contributed by atoms with Crippen LogP contribution in [0.2, 0.25) is 0 Å². The molecule has 0 radical (unpaired) electrons. The normalized spacial score (nSPS) is 17.4.